The highest BCUT2D eigenvalue weighted by Crippen LogP contribution is 2.38. The fourth-order valence-electron chi connectivity index (χ4n) is 2.70. The monoisotopic (exact) mass is 371 g/mol. The van der Waals surface area contributed by atoms with Crippen LogP contribution in [-0.4, -0.2) is 40.4 Å². The molecule has 146 valence electrons. The maximum Gasteiger partial charge on any atom is 0.203 e. The minimum Gasteiger partial charge on any atom is -0.493 e. The van der Waals surface area contributed by atoms with E-state index in [1.807, 2.05) is 25.1 Å². The summed E-state index contributed by atoms with van der Waals surface area (Å²) in [5.41, 5.74) is 2.31. The highest BCUT2D eigenvalue weighted by Gasteiger charge is 2.14. The molecule has 2 rings (SSSR count). The quantitative estimate of drug-likeness (QED) is 0.524. The summed E-state index contributed by atoms with van der Waals surface area (Å²) in [5, 5.41) is 6.64. The van der Waals surface area contributed by atoms with E-state index in [4.69, 9.17) is 14.2 Å². The van der Waals surface area contributed by atoms with E-state index < -0.39 is 0 Å². The van der Waals surface area contributed by atoms with Gasteiger partial charge in [-0.1, -0.05) is 30.3 Å². The molecule has 0 aliphatic carbocycles. The third kappa shape index (κ3) is 6.09. The molecule has 0 saturated carbocycles. The van der Waals surface area contributed by atoms with Crippen LogP contribution in [0.4, 0.5) is 0 Å². The van der Waals surface area contributed by atoms with Crippen LogP contribution < -0.4 is 24.8 Å². The van der Waals surface area contributed by atoms with Crippen molar-refractivity contribution in [1.29, 1.82) is 0 Å². The average Bonchev–Trinajstić information content (AvgIpc) is 2.71. The van der Waals surface area contributed by atoms with Crippen molar-refractivity contribution >= 4 is 5.96 Å². The number of ether oxygens (including phenoxy) is 3. The number of nitrogens with zero attached hydrogens (tertiary/aromatic N) is 1. The highest BCUT2D eigenvalue weighted by atomic mass is 16.5. The van der Waals surface area contributed by atoms with Crippen LogP contribution in [-0.2, 0) is 13.0 Å². The van der Waals surface area contributed by atoms with Gasteiger partial charge in [-0.2, -0.15) is 0 Å². The summed E-state index contributed by atoms with van der Waals surface area (Å²) < 4.78 is 16.5. The van der Waals surface area contributed by atoms with Crippen molar-refractivity contribution in [3.05, 3.63) is 53.6 Å². The third-order valence-electron chi connectivity index (χ3n) is 4.04. The Balaban J connectivity index is 1.95. The Bertz CT molecular complexity index is 708. The summed E-state index contributed by atoms with van der Waals surface area (Å²) in [5.74, 6) is 2.68. The van der Waals surface area contributed by atoms with E-state index in [0.717, 1.165) is 24.5 Å². The predicted molar refractivity (Wildman–Crippen MR) is 109 cm³/mol. The first-order valence-corrected chi connectivity index (χ1v) is 9.08. The Labute approximate surface area is 161 Å². The highest BCUT2D eigenvalue weighted by molar-refractivity contribution is 5.79. The molecule has 0 atom stereocenters. The summed E-state index contributed by atoms with van der Waals surface area (Å²) in [6.07, 6.45) is 0.937. The van der Waals surface area contributed by atoms with Crippen molar-refractivity contribution in [2.24, 2.45) is 4.99 Å². The van der Waals surface area contributed by atoms with Gasteiger partial charge < -0.3 is 24.8 Å². The van der Waals surface area contributed by atoms with E-state index in [1.54, 1.807) is 21.3 Å². The van der Waals surface area contributed by atoms with Crippen LogP contribution >= 0.6 is 0 Å². The van der Waals surface area contributed by atoms with Crippen LogP contribution in [0.1, 0.15) is 18.1 Å². The van der Waals surface area contributed by atoms with Gasteiger partial charge in [0.05, 0.1) is 20.8 Å². The molecule has 0 bridgehead atoms. The second-order valence-electron chi connectivity index (χ2n) is 5.85. The largest absolute Gasteiger partial charge is 0.493 e. The van der Waals surface area contributed by atoms with Crippen LogP contribution in [0, 0.1) is 0 Å². The first-order chi connectivity index (χ1) is 13.2. The number of hydrogen-bond acceptors (Lipinski definition) is 4. The Kier molecular flexibility index (Phi) is 8.29. The minimum atomic E-state index is 0.544. The zero-order valence-electron chi connectivity index (χ0n) is 16.5. The molecule has 2 aromatic rings. The van der Waals surface area contributed by atoms with Crippen molar-refractivity contribution in [1.82, 2.24) is 10.6 Å². The Morgan fingerprint density at radius 3 is 2.19 bits per heavy atom. The van der Waals surface area contributed by atoms with Gasteiger partial charge in [-0.25, -0.2) is 0 Å². The van der Waals surface area contributed by atoms with Crippen LogP contribution in [0.25, 0.3) is 0 Å². The zero-order valence-corrected chi connectivity index (χ0v) is 16.5. The van der Waals surface area contributed by atoms with Crippen LogP contribution in [0.3, 0.4) is 0 Å². The van der Waals surface area contributed by atoms with Gasteiger partial charge in [-0.15, -0.1) is 0 Å². The van der Waals surface area contributed by atoms with Crippen molar-refractivity contribution in [3.8, 4) is 17.2 Å². The third-order valence-corrected chi connectivity index (χ3v) is 4.04. The standard InChI is InChI=1S/C21H29N3O3/c1-5-27-20-18(25-3)13-17(14-19(20)26-4)15-24-21(22-2)23-12-11-16-9-7-6-8-10-16/h6-10,13-14H,5,11-12,15H2,1-4H3,(H2,22,23,24). The molecule has 2 aromatic carbocycles. The van der Waals surface area contributed by atoms with E-state index in [-0.39, 0.29) is 0 Å². The van der Waals surface area contributed by atoms with Gasteiger partial charge in [-0.3, -0.25) is 4.99 Å². The number of rotatable bonds is 9. The maximum atomic E-state index is 5.64. The molecular weight excluding hydrogens is 342 g/mol. The van der Waals surface area contributed by atoms with Gasteiger partial charge in [0.1, 0.15) is 0 Å². The number of hydrogen-bond donors (Lipinski definition) is 2. The number of aliphatic imine (C=N–C) groups is 1. The molecule has 6 heteroatoms. The van der Waals surface area contributed by atoms with Gasteiger partial charge in [0.25, 0.3) is 0 Å². The number of guanidine groups is 1. The fraction of sp³-hybridized carbons (Fsp3) is 0.381. The molecular formula is C21H29N3O3. The van der Waals surface area contributed by atoms with E-state index in [2.05, 4.69) is 39.9 Å². The van der Waals surface area contributed by atoms with Crippen LogP contribution in [0.2, 0.25) is 0 Å². The molecule has 6 nitrogen and oxygen atoms in total. The van der Waals surface area contributed by atoms with Crippen molar-refractivity contribution in [3.63, 3.8) is 0 Å². The van der Waals surface area contributed by atoms with E-state index in [9.17, 15) is 0 Å². The summed E-state index contributed by atoms with van der Waals surface area (Å²) in [6, 6.07) is 14.3. The van der Waals surface area contributed by atoms with Crippen LogP contribution in [0.15, 0.2) is 47.5 Å². The first kappa shape index (κ1) is 20.4. The second kappa shape index (κ2) is 11.0. The van der Waals surface area contributed by atoms with Gasteiger partial charge in [-0.05, 0) is 36.6 Å². The molecule has 0 saturated heterocycles. The summed E-state index contributed by atoms with van der Waals surface area (Å²) in [4.78, 5) is 4.27. The second-order valence-corrected chi connectivity index (χ2v) is 5.85. The zero-order chi connectivity index (χ0) is 19.5. The number of nitrogens with one attached hydrogen (secondary N) is 2. The number of methoxy groups -OCH3 is 2. The van der Waals surface area contributed by atoms with E-state index >= 15 is 0 Å². The molecule has 0 heterocycles. The number of benzene rings is 2. The summed E-state index contributed by atoms with van der Waals surface area (Å²) in [7, 11) is 5.01. The van der Waals surface area contributed by atoms with Crippen molar-refractivity contribution < 1.29 is 14.2 Å². The molecule has 0 aromatic heterocycles. The molecule has 0 radical (unpaired) electrons. The minimum absolute atomic E-state index is 0.544. The van der Waals surface area contributed by atoms with Crippen LogP contribution in [0.5, 0.6) is 17.2 Å². The fourth-order valence-corrected chi connectivity index (χ4v) is 2.70. The molecule has 2 N–H and O–H groups in total. The lowest BCUT2D eigenvalue weighted by Crippen LogP contribution is -2.37. The average molecular weight is 371 g/mol. The van der Waals surface area contributed by atoms with E-state index in [1.165, 1.54) is 5.56 Å². The maximum absolute atomic E-state index is 5.64. The molecule has 0 unspecified atom stereocenters. The van der Waals surface area contributed by atoms with Gasteiger partial charge >= 0.3 is 0 Å². The molecule has 0 fully saturated rings. The predicted octanol–water partition coefficient (Wildman–Crippen LogP) is 3.01. The topological polar surface area (TPSA) is 64.1 Å². The Hall–Kier alpha value is -2.89. The lowest BCUT2D eigenvalue weighted by Gasteiger charge is -2.16. The van der Waals surface area contributed by atoms with Crippen molar-refractivity contribution in [2.75, 3.05) is 34.4 Å². The van der Waals surface area contributed by atoms with Gasteiger partial charge in [0.2, 0.25) is 5.75 Å². The molecule has 0 aliphatic rings. The van der Waals surface area contributed by atoms with Gasteiger partial charge in [0.15, 0.2) is 17.5 Å². The lowest BCUT2D eigenvalue weighted by atomic mass is 10.1. The molecule has 0 aliphatic heterocycles. The normalized spacial score (nSPS) is 11.0. The molecule has 0 spiro atoms. The van der Waals surface area contributed by atoms with E-state index in [0.29, 0.717) is 30.4 Å². The summed E-state index contributed by atoms with van der Waals surface area (Å²) >= 11 is 0. The lowest BCUT2D eigenvalue weighted by molar-refractivity contribution is 0.288. The smallest absolute Gasteiger partial charge is 0.203 e. The Morgan fingerprint density at radius 1 is 0.963 bits per heavy atom. The molecule has 0 amide bonds. The summed E-state index contributed by atoms with van der Waals surface area (Å²) in [6.45, 7) is 3.87. The first-order valence-electron chi connectivity index (χ1n) is 9.08. The Morgan fingerprint density at radius 2 is 1.63 bits per heavy atom. The van der Waals surface area contributed by atoms with Gasteiger partial charge in [0, 0.05) is 20.1 Å². The molecule has 27 heavy (non-hydrogen) atoms. The SMILES string of the molecule is CCOc1c(OC)cc(CNC(=NC)NCCc2ccccc2)cc1OC. The van der Waals surface area contributed by atoms with Crippen molar-refractivity contribution in [2.45, 2.75) is 19.9 Å².